The highest BCUT2D eigenvalue weighted by Gasteiger charge is 2.44. The summed E-state index contributed by atoms with van der Waals surface area (Å²) < 4.78 is 5.45. The van der Waals surface area contributed by atoms with Crippen molar-refractivity contribution in [3.63, 3.8) is 0 Å². The molecule has 1 unspecified atom stereocenters. The molecule has 1 aromatic carbocycles. The molecule has 3 heterocycles. The molecule has 4 rings (SSSR count). The molecule has 1 spiro atoms. The number of nitrogens with one attached hydrogen (secondary N) is 2. The molecule has 0 bridgehead atoms. The molecule has 2 aliphatic heterocycles. The van der Waals surface area contributed by atoms with Crippen molar-refractivity contribution in [3.8, 4) is 0 Å². The lowest BCUT2D eigenvalue weighted by molar-refractivity contribution is -0.136. The van der Waals surface area contributed by atoms with Crippen LogP contribution in [0.25, 0.3) is 10.9 Å². The Bertz CT molecular complexity index is 813. The predicted octanol–water partition coefficient (Wildman–Crippen LogP) is 2.12. The summed E-state index contributed by atoms with van der Waals surface area (Å²) in [5.41, 5.74) is 2.60. The van der Waals surface area contributed by atoms with Crippen molar-refractivity contribution in [1.29, 1.82) is 0 Å². The number of alkyl carbamates (subject to hydrolysis) is 1. The summed E-state index contributed by atoms with van der Waals surface area (Å²) in [6.07, 6.45) is 1.65. The van der Waals surface area contributed by atoms with Crippen molar-refractivity contribution in [1.82, 2.24) is 15.2 Å². The van der Waals surface area contributed by atoms with Gasteiger partial charge >= 0.3 is 6.09 Å². The Labute approximate surface area is 140 Å². The highest BCUT2D eigenvalue weighted by Crippen LogP contribution is 2.29. The van der Waals surface area contributed by atoms with Gasteiger partial charge in [0.25, 0.3) is 0 Å². The maximum absolute atomic E-state index is 12.8. The highest BCUT2D eigenvalue weighted by molar-refractivity contribution is 5.90. The number of fused-ring (bicyclic) bond motifs is 1. The number of benzene rings is 1. The monoisotopic (exact) mass is 327 g/mol. The third-order valence-corrected chi connectivity index (χ3v) is 5.11. The topological polar surface area (TPSA) is 74.4 Å². The van der Waals surface area contributed by atoms with Gasteiger partial charge in [0.15, 0.2) is 0 Å². The van der Waals surface area contributed by atoms with E-state index in [1.807, 2.05) is 36.1 Å². The number of para-hydroxylation sites is 1. The van der Waals surface area contributed by atoms with E-state index >= 15 is 0 Å². The first kappa shape index (κ1) is 15.1. The fraction of sp³-hybridized carbons (Fsp3) is 0.444. The average Bonchev–Trinajstić information content (AvgIpc) is 3.08. The van der Waals surface area contributed by atoms with Crippen LogP contribution in [0.1, 0.15) is 24.1 Å². The van der Waals surface area contributed by atoms with E-state index in [-0.39, 0.29) is 12.0 Å². The number of ether oxygens (including phenoxy) is 1. The molecule has 2 saturated heterocycles. The minimum absolute atomic E-state index is 0.0878. The normalized spacial score (nSPS) is 23.5. The van der Waals surface area contributed by atoms with Gasteiger partial charge in [-0.2, -0.15) is 0 Å². The van der Waals surface area contributed by atoms with Gasteiger partial charge in [0.05, 0.1) is 19.5 Å². The molecular formula is C18H21N3O3. The Morgan fingerprint density at radius 2 is 2.21 bits per heavy atom. The summed E-state index contributed by atoms with van der Waals surface area (Å²) in [5, 5.41) is 3.82. The predicted molar refractivity (Wildman–Crippen MR) is 89.8 cm³/mol. The maximum Gasteiger partial charge on any atom is 0.407 e. The Hall–Kier alpha value is -2.50. The standard InChI is InChI=1S/C18H21N3O3/c1-12-14(13-5-2-3-6-15(13)20-12)9-16(22)21-8-4-7-18(11-21)10-19-17(23)24-18/h2-3,5-6,20H,4,7-11H2,1H3,(H,19,23). The summed E-state index contributed by atoms with van der Waals surface area (Å²) in [6.45, 7) is 3.69. The second-order valence-electron chi connectivity index (χ2n) is 6.80. The van der Waals surface area contributed by atoms with E-state index in [4.69, 9.17) is 4.74 Å². The molecule has 2 N–H and O–H groups in total. The lowest BCUT2D eigenvalue weighted by atomic mass is 9.92. The van der Waals surface area contributed by atoms with Gasteiger partial charge in [-0.1, -0.05) is 18.2 Å². The fourth-order valence-electron chi connectivity index (χ4n) is 3.87. The third-order valence-electron chi connectivity index (χ3n) is 5.11. The van der Waals surface area contributed by atoms with E-state index in [0.29, 0.717) is 19.5 Å². The highest BCUT2D eigenvalue weighted by atomic mass is 16.6. The largest absolute Gasteiger partial charge is 0.439 e. The van der Waals surface area contributed by atoms with Crippen molar-refractivity contribution >= 4 is 22.9 Å². The van der Waals surface area contributed by atoms with Gasteiger partial charge in [-0.3, -0.25) is 4.79 Å². The van der Waals surface area contributed by atoms with E-state index in [1.54, 1.807) is 0 Å². The number of hydrogen-bond donors (Lipinski definition) is 2. The summed E-state index contributed by atoms with van der Waals surface area (Å²) in [5.74, 6) is 0.0878. The van der Waals surface area contributed by atoms with Crippen LogP contribution in [0.3, 0.4) is 0 Å². The van der Waals surface area contributed by atoms with Gasteiger partial charge < -0.3 is 19.9 Å². The number of aromatic nitrogens is 1. The van der Waals surface area contributed by atoms with Gasteiger partial charge in [0.1, 0.15) is 5.60 Å². The van der Waals surface area contributed by atoms with E-state index < -0.39 is 5.60 Å². The Morgan fingerprint density at radius 3 is 3.00 bits per heavy atom. The summed E-state index contributed by atoms with van der Waals surface area (Å²) in [6, 6.07) is 8.04. The summed E-state index contributed by atoms with van der Waals surface area (Å²) >= 11 is 0. The van der Waals surface area contributed by atoms with Crippen molar-refractivity contribution in [2.75, 3.05) is 19.6 Å². The Morgan fingerprint density at radius 1 is 1.38 bits per heavy atom. The molecule has 0 aliphatic carbocycles. The number of hydrogen-bond acceptors (Lipinski definition) is 3. The Kier molecular flexibility index (Phi) is 3.48. The molecule has 126 valence electrons. The molecule has 2 aliphatic rings. The number of aryl methyl sites for hydroxylation is 1. The summed E-state index contributed by atoms with van der Waals surface area (Å²) in [7, 11) is 0. The van der Waals surface area contributed by atoms with Crippen molar-refractivity contribution in [2.24, 2.45) is 0 Å². The first-order valence-corrected chi connectivity index (χ1v) is 8.37. The molecule has 2 amide bonds. The molecule has 0 radical (unpaired) electrons. The number of likely N-dealkylation sites (tertiary alicyclic amines) is 1. The van der Waals surface area contributed by atoms with E-state index in [0.717, 1.165) is 41.5 Å². The van der Waals surface area contributed by atoms with Gasteiger partial charge in [0.2, 0.25) is 5.91 Å². The van der Waals surface area contributed by atoms with Crippen LogP contribution in [0.2, 0.25) is 0 Å². The molecule has 2 aromatic rings. The molecule has 2 fully saturated rings. The lowest BCUT2D eigenvalue weighted by Gasteiger charge is -2.38. The number of carbonyl (C=O) groups is 2. The molecule has 24 heavy (non-hydrogen) atoms. The smallest absolute Gasteiger partial charge is 0.407 e. The van der Waals surface area contributed by atoms with Gasteiger partial charge in [-0.15, -0.1) is 0 Å². The number of amides is 2. The van der Waals surface area contributed by atoms with Crippen molar-refractivity contribution in [3.05, 3.63) is 35.5 Å². The molecular weight excluding hydrogens is 306 g/mol. The van der Waals surface area contributed by atoms with Crippen LogP contribution >= 0.6 is 0 Å². The van der Waals surface area contributed by atoms with Gasteiger partial charge in [-0.05, 0) is 31.4 Å². The van der Waals surface area contributed by atoms with E-state index in [2.05, 4.69) is 10.3 Å². The van der Waals surface area contributed by atoms with Crippen LogP contribution in [0, 0.1) is 6.92 Å². The van der Waals surface area contributed by atoms with Gasteiger partial charge in [0, 0.05) is 23.1 Å². The van der Waals surface area contributed by atoms with Crippen molar-refractivity contribution in [2.45, 2.75) is 31.8 Å². The molecule has 1 atom stereocenters. The van der Waals surface area contributed by atoms with E-state index in [9.17, 15) is 9.59 Å². The van der Waals surface area contributed by atoms with Crippen LogP contribution in [-0.4, -0.2) is 47.1 Å². The quantitative estimate of drug-likeness (QED) is 0.887. The SMILES string of the molecule is Cc1[nH]c2ccccc2c1CC(=O)N1CCCC2(CNC(=O)O2)C1. The van der Waals surface area contributed by atoms with Crippen LogP contribution in [-0.2, 0) is 16.0 Å². The maximum atomic E-state index is 12.8. The van der Waals surface area contributed by atoms with Crippen LogP contribution in [0.15, 0.2) is 24.3 Å². The average molecular weight is 327 g/mol. The first-order valence-electron chi connectivity index (χ1n) is 8.37. The number of rotatable bonds is 2. The fourth-order valence-corrected chi connectivity index (χ4v) is 3.87. The second kappa shape index (κ2) is 5.54. The van der Waals surface area contributed by atoms with Crippen LogP contribution < -0.4 is 5.32 Å². The third kappa shape index (κ3) is 2.52. The lowest BCUT2D eigenvalue weighted by Crippen LogP contribution is -2.52. The van der Waals surface area contributed by atoms with Crippen LogP contribution in [0.5, 0.6) is 0 Å². The second-order valence-corrected chi connectivity index (χ2v) is 6.80. The zero-order valence-corrected chi connectivity index (χ0v) is 13.7. The van der Waals surface area contributed by atoms with E-state index in [1.165, 1.54) is 0 Å². The minimum Gasteiger partial charge on any atom is -0.439 e. The van der Waals surface area contributed by atoms with Gasteiger partial charge in [-0.25, -0.2) is 4.79 Å². The molecule has 0 saturated carbocycles. The van der Waals surface area contributed by atoms with Crippen LogP contribution in [0.4, 0.5) is 4.79 Å². The number of H-pyrrole nitrogens is 1. The Balaban J connectivity index is 1.53. The summed E-state index contributed by atoms with van der Waals surface area (Å²) in [4.78, 5) is 29.4. The number of nitrogens with zero attached hydrogens (tertiary/aromatic N) is 1. The van der Waals surface area contributed by atoms with Crippen molar-refractivity contribution < 1.29 is 14.3 Å². The zero-order chi connectivity index (χ0) is 16.7. The molecule has 6 nitrogen and oxygen atoms in total. The number of aromatic amines is 1. The number of carbonyl (C=O) groups excluding carboxylic acids is 2. The first-order chi connectivity index (χ1) is 11.6. The zero-order valence-electron chi connectivity index (χ0n) is 13.7. The minimum atomic E-state index is -0.541. The molecule has 1 aromatic heterocycles. The number of piperidine rings is 1. The molecule has 6 heteroatoms.